The van der Waals surface area contributed by atoms with Gasteiger partial charge in [-0.2, -0.15) is 0 Å². The van der Waals surface area contributed by atoms with E-state index in [0.29, 0.717) is 13.0 Å². The van der Waals surface area contributed by atoms with Gasteiger partial charge < -0.3 is 9.64 Å². The van der Waals surface area contributed by atoms with Crippen molar-refractivity contribution >= 4 is 32.7 Å². The second kappa shape index (κ2) is 8.09. The summed E-state index contributed by atoms with van der Waals surface area (Å²) in [5, 5.41) is 1.07. The van der Waals surface area contributed by atoms with Gasteiger partial charge in [0.25, 0.3) is 0 Å². The molecule has 1 fully saturated rings. The van der Waals surface area contributed by atoms with Crippen LogP contribution >= 0.6 is 15.9 Å². The molecule has 138 valence electrons. The Balaban J connectivity index is 1.34. The van der Waals surface area contributed by atoms with Crippen LogP contribution in [0.2, 0.25) is 0 Å². The number of fused-ring (bicyclic) bond motifs is 1. The Morgan fingerprint density at radius 3 is 2.81 bits per heavy atom. The van der Waals surface area contributed by atoms with Gasteiger partial charge in [0, 0.05) is 35.4 Å². The van der Waals surface area contributed by atoms with Crippen LogP contribution in [0, 0.1) is 0 Å². The highest BCUT2D eigenvalue weighted by Crippen LogP contribution is 2.26. The summed E-state index contributed by atoms with van der Waals surface area (Å²) in [6.07, 6.45) is 3.95. The van der Waals surface area contributed by atoms with Crippen LogP contribution in [0.15, 0.2) is 65.3 Å². The second-order valence-corrected chi connectivity index (χ2v) is 7.74. The van der Waals surface area contributed by atoms with Gasteiger partial charge in [-0.15, -0.1) is 0 Å². The number of amides is 1. The molecule has 1 aliphatic rings. The van der Waals surface area contributed by atoms with Crippen molar-refractivity contribution in [3.8, 4) is 5.75 Å². The van der Waals surface area contributed by atoms with Crippen molar-refractivity contribution < 1.29 is 9.53 Å². The van der Waals surface area contributed by atoms with Gasteiger partial charge in [-0.05, 0) is 36.2 Å². The molecular weight excluding hydrogens is 404 g/mol. The molecule has 0 spiro atoms. The molecule has 2 aromatic carbocycles. The van der Waals surface area contributed by atoms with Crippen molar-refractivity contribution in [1.82, 2.24) is 9.88 Å². The van der Waals surface area contributed by atoms with E-state index in [2.05, 4.69) is 33.0 Å². The van der Waals surface area contributed by atoms with Crippen LogP contribution in [0.25, 0.3) is 10.9 Å². The SMILES string of the molecule is O=C(CCc1ccc(Br)cc1)N1CCC(Oc2cccc3cccnc23)C1. The topological polar surface area (TPSA) is 42.4 Å². The molecule has 1 amide bonds. The van der Waals surface area contributed by atoms with Crippen molar-refractivity contribution in [3.63, 3.8) is 0 Å². The number of halogens is 1. The van der Waals surface area contributed by atoms with Crippen LogP contribution in [0.5, 0.6) is 5.75 Å². The molecule has 0 N–H and O–H groups in total. The van der Waals surface area contributed by atoms with Crippen molar-refractivity contribution in [2.45, 2.75) is 25.4 Å². The highest BCUT2D eigenvalue weighted by Gasteiger charge is 2.27. The smallest absolute Gasteiger partial charge is 0.223 e. The number of aromatic nitrogens is 1. The monoisotopic (exact) mass is 424 g/mol. The number of rotatable bonds is 5. The van der Waals surface area contributed by atoms with Gasteiger partial charge in [0.05, 0.1) is 6.54 Å². The van der Waals surface area contributed by atoms with Gasteiger partial charge in [0.2, 0.25) is 5.91 Å². The Bertz CT molecular complexity index is 937. The second-order valence-electron chi connectivity index (χ2n) is 6.83. The fourth-order valence-electron chi connectivity index (χ4n) is 3.46. The van der Waals surface area contributed by atoms with Gasteiger partial charge >= 0.3 is 0 Å². The number of nitrogens with zero attached hydrogens (tertiary/aromatic N) is 2. The molecule has 4 nitrogen and oxygen atoms in total. The third kappa shape index (κ3) is 4.30. The first-order valence-corrected chi connectivity index (χ1v) is 10.0. The standard InChI is InChI=1S/C22H21BrN2O2/c23-18-9-6-16(7-10-18)8-11-21(26)25-14-12-19(15-25)27-20-5-1-3-17-4-2-13-24-22(17)20/h1-7,9-10,13,19H,8,11-12,14-15H2. The minimum atomic E-state index is 0.0224. The predicted molar refractivity (Wildman–Crippen MR) is 110 cm³/mol. The molecular formula is C22H21BrN2O2. The molecule has 1 aromatic heterocycles. The quantitative estimate of drug-likeness (QED) is 0.600. The molecule has 27 heavy (non-hydrogen) atoms. The fourth-order valence-corrected chi connectivity index (χ4v) is 3.73. The molecule has 3 aromatic rings. The molecule has 1 saturated heterocycles. The summed E-state index contributed by atoms with van der Waals surface area (Å²) in [6, 6.07) is 18.1. The molecule has 0 bridgehead atoms. The van der Waals surface area contributed by atoms with E-state index in [0.717, 1.165) is 40.5 Å². The maximum Gasteiger partial charge on any atom is 0.223 e. The van der Waals surface area contributed by atoms with E-state index in [1.54, 1.807) is 6.20 Å². The molecule has 2 heterocycles. The minimum Gasteiger partial charge on any atom is -0.486 e. The molecule has 1 unspecified atom stereocenters. The first-order chi connectivity index (χ1) is 13.2. The number of hydrogen-bond donors (Lipinski definition) is 0. The summed E-state index contributed by atoms with van der Waals surface area (Å²) in [4.78, 5) is 18.9. The summed E-state index contributed by atoms with van der Waals surface area (Å²) in [7, 11) is 0. The van der Waals surface area contributed by atoms with Gasteiger partial charge in [-0.1, -0.05) is 46.3 Å². The Morgan fingerprint density at radius 1 is 1.15 bits per heavy atom. The predicted octanol–water partition coefficient (Wildman–Crippen LogP) is 4.61. The van der Waals surface area contributed by atoms with Crippen molar-refractivity contribution in [3.05, 3.63) is 70.8 Å². The highest BCUT2D eigenvalue weighted by molar-refractivity contribution is 9.10. The van der Waals surface area contributed by atoms with Crippen LogP contribution < -0.4 is 4.74 Å². The lowest BCUT2D eigenvalue weighted by Crippen LogP contribution is -2.31. The molecule has 5 heteroatoms. The summed E-state index contributed by atoms with van der Waals surface area (Å²) in [6.45, 7) is 1.39. The van der Waals surface area contributed by atoms with Gasteiger partial charge in [-0.3, -0.25) is 9.78 Å². The lowest BCUT2D eigenvalue weighted by atomic mass is 10.1. The number of carbonyl (C=O) groups excluding carboxylic acids is 1. The van der Waals surface area contributed by atoms with Gasteiger partial charge in [-0.25, -0.2) is 0 Å². The summed E-state index contributed by atoms with van der Waals surface area (Å²) < 4.78 is 7.24. The van der Waals surface area contributed by atoms with E-state index in [1.165, 1.54) is 5.56 Å². The van der Waals surface area contributed by atoms with E-state index in [9.17, 15) is 4.79 Å². The first-order valence-electron chi connectivity index (χ1n) is 9.22. The summed E-state index contributed by atoms with van der Waals surface area (Å²) >= 11 is 3.43. The number of likely N-dealkylation sites (tertiary alicyclic amines) is 1. The molecule has 4 rings (SSSR count). The zero-order valence-corrected chi connectivity index (χ0v) is 16.6. The normalized spacial score (nSPS) is 16.6. The minimum absolute atomic E-state index is 0.0224. The van der Waals surface area contributed by atoms with E-state index in [-0.39, 0.29) is 12.0 Å². The number of hydrogen-bond acceptors (Lipinski definition) is 3. The number of aryl methyl sites for hydroxylation is 1. The van der Waals surface area contributed by atoms with Crippen LogP contribution in [0.4, 0.5) is 0 Å². The average molecular weight is 425 g/mol. The van der Waals surface area contributed by atoms with E-state index < -0.39 is 0 Å². The molecule has 1 atom stereocenters. The zero-order chi connectivity index (χ0) is 18.6. The number of pyridine rings is 1. The van der Waals surface area contributed by atoms with Crippen molar-refractivity contribution in [2.75, 3.05) is 13.1 Å². The number of carbonyl (C=O) groups is 1. The molecule has 0 aliphatic carbocycles. The fraction of sp³-hybridized carbons (Fsp3) is 0.273. The molecule has 1 aliphatic heterocycles. The maximum atomic E-state index is 12.5. The van der Waals surface area contributed by atoms with Crippen LogP contribution in [-0.2, 0) is 11.2 Å². The third-order valence-corrected chi connectivity index (χ3v) is 5.46. The van der Waals surface area contributed by atoms with E-state index in [1.807, 2.05) is 47.4 Å². The van der Waals surface area contributed by atoms with Crippen molar-refractivity contribution in [1.29, 1.82) is 0 Å². The Labute approximate surface area is 167 Å². The van der Waals surface area contributed by atoms with Crippen LogP contribution in [0.1, 0.15) is 18.4 Å². The number of para-hydroxylation sites is 1. The lowest BCUT2D eigenvalue weighted by Gasteiger charge is -2.18. The van der Waals surface area contributed by atoms with Gasteiger partial charge in [0.1, 0.15) is 17.4 Å². The summed E-state index contributed by atoms with van der Waals surface area (Å²) in [5.74, 6) is 0.988. The average Bonchev–Trinajstić information content (AvgIpc) is 3.16. The summed E-state index contributed by atoms with van der Waals surface area (Å²) in [5.41, 5.74) is 2.06. The molecule has 0 saturated carbocycles. The third-order valence-electron chi connectivity index (χ3n) is 4.93. The van der Waals surface area contributed by atoms with Crippen LogP contribution in [-0.4, -0.2) is 35.0 Å². The highest BCUT2D eigenvalue weighted by atomic mass is 79.9. The Morgan fingerprint density at radius 2 is 1.96 bits per heavy atom. The molecule has 0 radical (unpaired) electrons. The Kier molecular flexibility index (Phi) is 5.39. The number of ether oxygens (including phenoxy) is 1. The largest absolute Gasteiger partial charge is 0.486 e. The van der Waals surface area contributed by atoms with Crippen LogP contribution in [0.3, 0.4) is 0 Å². The first kappa shape index (κ1) is 18.0. The lowest BCUT2D eigenvalue weighted by molar-refractivity contribution is -0.130. The number of benzene rings is 2. The zero-order valence-electron chi connectivity index (χ0n) is 15.0. The maximum absolute atomic E-state index is 12.5. The van der Waals surface area contributed by atoms with E-state index >= 15 is 0 Å². The van der Waals surface area contributed by atoms with Gasteiger partial charge in [0.15, 0.2) is 0 Å². The van der Waals surface area contributed by atoms with Crippen molar-refractivity contribution in [2.24, 2.45) is 0 Å². The van der Waals surface area contributed by atoms with E-state index in [4.69, 9.17) is 4.74 Å². The Hall–Kier alpha value is -2.40.